The average Bonchev–Trinajstić information content (AvgIpc) is 3.29. The first-order valence-electron chi connectivity index (χ1n) is 9.01. The van der Waals surface area contributed by atoms with Crippen molar-refractivity contribution in [3.05, 3.63) is 65.2 Å². The third kappa shape index (κ3) is 3.89. The van der Waals surface area contributed by atoms with Crippen LogP contribution in [0.25, 0.3) is 17.1 Å². The fourth-order valence-electron chi connectivity index (χ4n) is 3.51. The Hall–Kier alpha value is -3.03. The fraction of sp³-hybridized carbons (Fsp3) is 0.250. The smallest absolute Gasteiger partial charge is 0.267 e. The van der Waals surface area contributed by atoms with Crippen LogP contribution in [0.3, 0.4) is 0 Å². The van der Waals surface area contributed by atoms with E-state index < -0.39 is 5.91 Å². The van der Waals surface area contributed by atoms with Gasteiger partial charge in [0.2, 0.25) is 0 Å². The Labute approximate surface area is 156 Å². The second-order valence-corrected chi connectivity index (χ2v) is 6.60. The molecule has 138 valence electrons. The second-order valence-electron chi connectivity index (χ2n) is 6.60. The van der Waals surface area contributed by atoms with Gasteiger partial charge in [-0.2, -0.15) is 15.0 Å². The molecule has 1 atom stereocenters. The Balaban J connectivity index is 1.36. The molecule has 1 aliphatic rings. The Bertz CT molecular complexity index is 962. The van der Waals surface area contributed by atoms with Gasteiger partial charge in [0.1, 0.15) is 11.0 Å². The molecule has 1 aromatic heterocycles. The normalized spacial score (nSPS) is 16.1. The summed E-state index contributed by atoms with van der Waals surface area (Å²) in [5.41, 5.74) is 6.97. The van der Waals surface area contributed by atoms with Crippen LogP contribution in [0, 0.1) is 0 Å². The van der Waals surface area contributed by atoms with Crippen molar-refractivity contribution in [3.8, 4) is 0 Å². The minimum absolute atomic E-state index is 0.323. The monoisotopic (exact) mass is 363 g/mol. The zero-order valence-corrected chi connectivity index (χ0v) is 14.8. The van der Waals surface area contributed by atoms with Crippen molar-refractivity contribution >= 4 is 23.0 Å². The highest BCUT2D eigenvalue weighted by Crippen LogP contribution is 2.31. The molecule has 0 bridgehead atoms. The number of hydroxylamine groups is 1. The van der Waals surface area contributed by atoms with Gasteiger partial charge in [-0.05, 0) is 47.7 Å². The number of carbonyl (C=O) groups is 1. The van der Waals surface area contributed by atoms with Crippen LogP contribution >= 0.6 is 0 Å². The standard InChI is InChI=1S/C20H21N5O2/c26-20(24-27)10-6-14-5-8-16-15(13-14)7-9-17(16)21-11-12-25-22-18-3-1-2-4-19(18)23-25/h1-6,8,10,13,17,21,27H,7,9,11-12H2,(H,24,26)/b10-6+. The molecule has 1 heterocycles. The number of nitrogens with zero attached hydrogens (tertiary/aromatic N) is 3. The lowest BCUT2D eigenvalue weighted by Crippen LogP contribution is -2.24. The number of amides is 1. The molecule has 0 spiro atoms. The first kappa shape index (κ1) is 17.4. The van der Waals surface area contributed by atoms with Crippen molar-refractivity contribution in [2.24, 2.45) is 0 Å². The van der Waals surface area contributed by atoms with Crippen molar-refractivity contribution in [2.75, 3.05) is 6.54 Å². The lowest BCUT2D eigenvalue weighted by Gasteiger charge is -2.14. The van der Waals surface area contributed by atoms with Gasteiger partial charge in [0.25, 0.3) is 5.91 Å². The largest absolute Gasteiger partial charge is 0.308 e. The van der Waals surface area contributed by atoms with E-state index in [-0.39, 0.29) is 0 Å². The Morgan fingerprint density at radius 2 is 2.00 bits per heavy atom. The topological polar surface area (TPSA) is 92.1 Å². The minimum atomic E-state index is -0.532. The number of nitrogens with one attached hydrogen (secondary N) is 2. The third-order valence-electron chi connectivity index (χ3n) is 4.81. The predicted octanol–water partition coefficient (Wildman–Crippen LogP) is 2.23. The molecule has 4 rings (SSSR count). The van der Waals surface area contributed by atoms with Gasteiger partial charge in [0.15, 0.2) is 0 Å². The van der Waals surface area contributed by atoms with E-state index in [1.165, 1.54) is 17.2 Å². The molecule has 0 radical (unpaired) electrons. The molecule has 3 N–H and O–H groups in total. The van der Waals surface area contributed by atoms with Crippen LogP contribution in [0.4, 0.5) is 0 Å². The summed E-state index contributed by atoms with van der Waals surface area (Å²) < 4.78 is 0. The SMILES string of the molecule is O=C(/C=C/c1ccc2c(c1)CCC2NCCn1nc2ccccc2n1)NO. The van der Waals surface area contributed by atoms with Crippen molar-refractivity contribution in [1.29, 1.82) is 0 Å². The number of fused-ring (bicyclic) bond motifs is 2. The predicted molar refractivity (Wildman–Crippen MR) is 102 cm³/mol. The van der Waals surface area contributed by atoms with Crippen LogP contribution in [0.15, 0.2) is 48.5 Å². The first-order chi connectivity index (χ1) is 13.2. The molecule has 0 saturated heterocycles. The van der Waals surface area contributed by atoms with Crippen LogP contribution in [0.1, 0.15) is 29.2 Å². The maximum absolute atomic E-state index is 11.1. The summed E-state index contributed by atoms with van der Waals surface area (Å²) in [6.45, 7) is 1.51. The molecule has 0 fully saturated rings. The first-order valence-corrected chi connectivity index (χ1v) is 9.01. The van der Waals surface area contributed by atoms with Gasteiger partial charge in [-0.15, -0.1) is 0 Å². The van der Waals surface area contributed by atoms with E-state index in [0.717, 1.165) is 42.5 Å². The summed E-state index contributed by atoms with van der Waals surface area (Å²) >= 11 is 0. The molecule has 1 amide bonds. The summed E-state index contributed by atoms with van der Waals surface area (Å²) in [7, 11) is 0. The van der Waals surface area contributed by atoms with E-state index in [0.29, 0.717) is 6.04 Å². The maximum atomic E-state index is 11.1. The second kappa shape index (κ2) is 7.69. The van der Waals surface area contributed by atoms with Crippen molar-refractivity contribution in [3.63, 3.8) is 0 Å². The molecule has 0 saturated carbocycles. The molecular formula is C20H21N5O2. The third-order valence-corrected chi connectivity index (χ3v) is 4.81. The lowest BCUT2D eigenvalue weighted by atomic mass is 10.0. The molecule has 27 heavy (non-hydrogen) atoms. The Kier molecular flexibility index (Phi) is 4.95. The molecule has 7 heteroatoms. The molecular weight excluding hydrogens is 342 g/mol. The lowest BCUT2D eigenvalue weighted by molar-refractivity contribution is -0.124. The minimum Gasteiger partial charge on any atom is -0.308 e. The highest BCUT2D eigenvalue weighted by molar-refractivity contribution is 5.90. The van der Waals surface area contributed by atoms with Crippen LogP contribution < -0.4 is 10.8 Å². The number of rotatable bonds is 6. The average molecular weight is 363 g/mol. The number of aryl methyl sites for hydroxylation is 1. The molecule has 3 aromatic rings. The molecule has 1 aliphatic carbocycles. The van der Waals surface area contributed by atoms with E-state index in [1.807, 2.05) is 30.3 Å². The zero-order chi connectivity index (χ0) is 18.6. The van der Waals surface area contributed by atoms with Gasteiger partial charge in [-0.25, -0.2) is 5.48 Å². The van der Waals surface area contributed by atoms with Crippen LogP contribution in [0.5, 0.6) is 0 Å². The van der Waals surface area contributed by atoms with Gasteiger partial charge < -0.3 is 5.32 Å². The van der Waals surface area contributed by atoms with E-state index in [4.69, 9.17) is 5.21 Å². The van der Waals surface area contributed by atoms with Crippen LogP contribution in [-0.2, 0) is 17.8 Å². The highest BCUT2D eigenvalue weighted by atomic mass is 16.5. The number of aromatic nitrogens is 3. The number of carbonyl (C=O) groups excluding carboxylic acids is 1. The molecule has 1 unspecified atom stereocenters. The van der Waals surface area contributed by atoms with Crippen molar-refractivity contribution in [2.45, 2.75) is 25.4 Å². The van der Waals surface area contributed by atoms with E-state index in [9.17, 15) is 4.79 Å². The van der Waals surface area contributed by atoms with Crippen LogP contribution in [0.2, 0.25) is 0 Å². The Morgan fingerprint density at radius 3 is 2.74 bits per heavy atom. The summed E-state index contributed by atoms with van der Waals surface area (Å²) in [6.07, 6.45) is 5.06. The number of benzene rings is 2. The quantitative estimate of drug-likeness (QED) is 0.355. The zero-order valence-electron chi connectivity index (χ0n) is 14.8. The summed E-state index contributed by atoms with van der Waals surface area (Å²) in [6, 6.07) is 14.4. The Morgan fingerprint density at radius 1 is 1.22 bits per heavy atom. The number of hydrogen-bond acceptors (Lipinski definition) is 5. The molecule has 0 aliphatic heterocycles. The van der Waals surface area contributed by atoms with Gasteiger partial charge in [-0.3, -0.25) is 10.0 Å². The maximum Gasteiger partial charge on any atom is 0.267 e. The van der Waals surface area contributed by atoms with Gasteiger partial charge in [0, 0.05) is 18.7 Å². The summed E-state index contributed by atoms with van der Waals surface area (Å²) in [5, 5.41) is 21.1. The molecule has 7 nitrogen and oxygen atoms in total. The van der Waals surface area contributed by atoms with Gasteiger partial charge in [0.05, 0.1) is 6.54 Å². The molecule has 2 aromatic carbocycles. The van der Waals surface area contributed by atoms with E-state index in [1.54, 1.807) is 16.4 Å². The van der Waals surface area contributed by atoms with Crippen molar-refractivity contribution in [1.82, 2.24) is 25.8 Å². The number of hydrogen-bond donors (Lipinski definition) is 3. The van der Waals surface area contributed by atoms with Crippen LogP contribution in [-0.4, -0.2) is 32.7 Å². The van der Waals surface area contributed by atoms with E-state index >= 15 is 0 Å². The summed E-state index contributed by atoms with van der Waals surface area (Å²) in [4.78, 5) is 12.8. The van der Waals surface area contributed by atoms with Gasteiger partial charge in [-0.1, -0.05) is 30.3 Å². The fourth-order valence-corrected chi connectivity index (χ4v) is 3.51. The van der Waals surface area contributed by atoms with Crippen molar-refractivity contribution < 1.29 is 10.0 Å². The van der Waals surface area contributed by atoms with Gasteiger partial charge >= 0.3 is 0 Å². The highest BCUT2D eigenvalue weighted by Gasteiger charge is 2.21. The summed E-state index contributed by atoms with van der Waals surface area (Å²) in [5.74, 6) is -0.532. The van der Waals surface area contributed by atoms with E-state index in [2.05, 4.69) is 27.6 Å².